The molecule has 0 nitrogen and oxygen atoms in total. The Morgan fingerprint density at radius 3 is 1.95 bits per heavy atom. The highest BCUT2D eigenvalue weighted by Crippen LogP contribution is 2.52. The van der Waals surface area contributed by atoms with Gasteiger partial charge in [0.25, 0.3) is 0 Å². The second-order valence-electron chi connectivity index (χ2n) is 7.66. The smallest absolute Gasteiger partial charge is 0.0352 e. The van der Waals surface area contributed by atoms with Crippen molar-refractivity contribution in [3.8, 4) is 0 Å². The Balaban J connectivity index is 2.66. The summed E-state index contributed by atoms with van der Waals surface area (Å²) in [6.45, 7) is 14.5. The highest BCUT2D eigenvalue weighted by molar-refractivity contribution is 4.93. The van der Waals surface area contributed by atoms with Crippen LogP contribution in [0.2, 0.25) is 0 Å². The molecule has 1 aliphatic carbocycles. The minimum Gasteiger partial charge on any atom is -0.0654 e. The van der Waals surface area contributed by atoms with Gasteiger partial charge in [-0.2, -0.15) is 0 Å². The predicted octanol–water partition coefficient (Wildman–Crippen LogP) is 6.94. The van der Waals surface area contributed by atoms with Crippen molar-refractivity contribution in [2.24, 2.45) is 35.5 Å². The highest BCUT2D eigenvalue weighted by Gasteiger charge is 2.44. The fraction of sp³-hybridized carbons (Fsp3) is 1.00. The largest absolute Gasteiger partial charge is 0.0654 e. The fourth-order valence-electron chi connectivity index (χ4n) is 4.42. The predicted molar refractivity (Wildman–Crippen MR) is 91.9 cm³/mol. The fourth-order valence-corrected chi connectivity index (χ4v) is 4.42. The minimum atomic E-state index is 0.905. The molecule has 0 amide bonds. The van der Waals surface area contributed by atoms with Gasteiger partial charge in [-0.3, -0.25) is 0 Å². The van der Waals surface area contributed by atoms with E-state index in [1.807, 2.05) is 0 Å². The second kappa shape index (κ2) is 9.11. The van der Waals surface area contributed by atoms with Crippen molar-refractivity contribution in [1.29, 1.82) is 0 Å². The molecular formula is C20H40. The van der Waals surface area contributed by atoms with Gasteiger partial charge in [0, 0.05) is 0 Å². The van der Waals surface area contributed by atoms with Crippen LogP contribution in [0.3, 0.4) is 0 Å². The Labute approximate surface area is 129 Å². The zero-order valence-electron chi connectivity index (χ0n) is 15.1. The molecule has 1 fully saturated rings. The summed E-state index contributed by atoms with van der Waals surface area (Å²) in [4.78, 5) is 0. The lowest BCUT2D eigenvalue weighted by Crippen LogP contribution is -2.24. The van der Waals surface area contributed by atoms with Crippen molar-refractivity contribution >= 4 is 0 Å². The first-order valence-corrected chi connectivity index (χ1v) is 9.58. The second-order valence-corrected chi connectivity index (χ2v) is 7.66. The molecule has 0 aromatic carbocycles. The zero-order chi connectivity index (χ0) is 15.1. The van der Waals surface area contributed by atoms with E-state index < -0.39 is 0 Å². The van der Waals surface area contributed by atoms with E-state index in [0.29, 0.717) is 0 Å². The van der Waals surface area contributed by atoms with Crippen LogP contribution < -0.4 is 0 Å². The van der Waals surface area contributed by atoms with E-state index in [2.05, 4.69) is 41.5 Å². The summed E-state index contributed by atoms with van der Waals surface area (Å²) in [7, 11) is 0. The van der Waals surface area contributed by atoms with Crippen LogP contribution in [-0.4, -0.2) is 0 Å². The molecule has 5 unspecified atom stereocenters. The Bertz CT molecular complexity index is 238. The van der Waals surface area contributed by atoms with E-state index in [1.165, 1.54) is 51.4 Å². The molecule has 0 aromatic heterocycles. The molecule has 0 aromatic rings. The van der Waals surface area contributed by atoms with Crippen molar-refractivity contribution in [3.63, 3.8) is 0 Å². The number of hydrogen-bond donors (Lipinski definition) is 0. The first-order chi connectivity index (χ1) is 9.58. The van der Waals surface area contributed by atoms with Gasteiger partial charge in [0.1, 0.15) is 0 Å². The molecule has 1 rings (SSSR count). The number of rotatable bonds is 11. The van der Waals surface area contributed by atoms with Gasteiger partial charge < -0.3 is 0 Å². The van der Waals surface area contributed by atoms with E-state index in [1.54, 1.807) is 0 Å². The van der Waals surface area contributed by atoms with Crippen molar-refractivity contribution in [2.75, 3.05) is 0 Å². The molecular weight excluding hydrogens is 240 g/mol. The Hall–Kier alpha value is 0. The van der Waals surface area contributed by atoms with E-state index in [-0.39, 0.29) is 0 Å². The van der Waals surface area contributed by atoms with E-state index in [0.717, 1.165) is 35.5 Å². The van der Waals surface area contributed by atoms with E-state index in [9.17, 15) is 0 Å². The third kappa shape index (κ3) is 5.08. The van der Waals surface area contributed by atoms with Crippen molar-refractivity contribution in [1.82, 2.24) is 0 Å². The summed E-state index contributed by atoms with van der Waals surface area (Å²) in [5.74, 6) is 5.98. The lowest BCUT2D eigenvalue weighted by Gasteiger charge is -2.32. The molecule has 1 aliphatic rings. The summed E-state index contributed by atoms with van der Waals surface area (Å²) < 4.78 is 0. The van der Waals surface area contributed by atoms with Crippen LogP contribution in [0.25, 0.3) is 0 Å². The first-order valence-electron chi connectivity index (χ1n) is 9.58. The lowest BCUT2D eigenvalue weighted by atomic mass is 9.73. The summed E-state index contributed by atoms with van der Waals surface area (Å²) in [6, 6.07) is 0. The van der Waals surface area contributed by atoms with Crippen LogP contribution in [0.5, 0.6) is 0 Å². The molecule has 0 N–H and O–H groups in total. The van der Waals surface area contributed by atoms with Gasteiger partial charge in [-0.25, -0.2) is 0 Å². The molecule has 0 heterocycles. The van der Waals surface area contributed by atoms with Gasteiger partial charge in [0.05, 0.1) is 0 Å². The Morgan fingerprint density at radius 2 is 1.55 bits per heavy atom. The summed E-state index contributed by atoms with van der Waals surface area (Å²) >= 11 is 0. The number of hydrogen-bond acceptors (Lipinski definition) is 0. The third-order valence-electron chi connectivity index (χ3n) is 6.27. The molecule has 0 heteroatoms. The van der Waals surface area contributed by atoms with Crippen LogP contribution >= 0.6 is 0 Å². The third-order valence-corrected chi connectivity index (χ3v) is 6.27. The molecule has 0 spiro atoms. The van der Waals surface area contributed by atoms with Crippen molar-refractivity contribution in [3.05, 3.63) is 0 Å². The first kappa shape index (κ1) is 18.1. The molecule has 0 saturated heterocycles. The maximum atomic E-state index is 2.55. The summed E-state index contributed by atoms with van der Waals surface area (Å²) in [6.07, 6.45) is 11.5. The molecule has 0 bridgehead atoms. The van der Waals surface area contributed by atoms with Gasteiger partial charge in [0.15, 0.2) is 0 Å². The molecule has 5 atom stereocenters. The van der Waals surface area contributed by atoms with Gasteiger partial charge in [0.2, 0.25) is 0 Å². The van der Waals surface area contributed by atoms with Crippen LogP contribution in [0.4, 0.5) is 0 Å². The van der Waals surface area contributed by atoms with Crippen molar-refractivity contribution < 1.29 is 0 Å². The standard InChI is InChI=1S/C20H40/c1-7-11-17(12-8-2)13-19(16(6)15(5)9-3)20-14-18(20)10-4/h15-20H,7-14H2,1-6H3. The SMILES string of the molecule is CCCC(CCC)CC(C(C)C(C)CC)C1CC1CC. The van der Waals surface area contributed by atoms with Crippen LogP contribution in [0.15, 0.2) is 0 Å². The monoisotopic (exact) mass is 280 g/mol. The van der Waals surface area contributed by atoms with Gasteiger partial charge in [-0.05, 0) is 48.3 Å². The quantitative estimate of drug-likeness (QED) is 0.384. The average molecular weight is 281 g/mol. The molecule has 0 aliphatic heterocycles. The molecule has 1 saturated carbocycles. The topological polar surface area (TPSA) is 0 Å². The maximum Gasteiger partial charge on any atom is -0.0352 e. The lowest BCUT2D eigenvalue weighted by molar-refractivity contribution is 0.175. The van der Waals surface area contributed by atoms with Crippen LogP contribution in [0, 0.1) is 35.5 Å². The highest BCUT2D eigenvalue weighted by atomic mass is 14.5. The molecule has 120 valence electrons. The molecule has 0 radical (unpaired) electrons. The summed E-state index contributed by atoms with van der Waals surface area (Å²) in [5, 5.41) is 0. The minimum absolute atomic E-state index is 0.905. The normalized spacial score (nSPS) is 26.6. The van der Waals surface area contributed by atoms with Crippen LogP contribution in [-0.2, 0) is 0 Å². The zero-order valence-corrected chi connectivity index (χ0v) is 15.1. The van der Waals surface area contributed by atoms with E-state index >= 15 is 0 Å². The van der Waals surface area contributed by atoms with Gasteiger partial charge in [-0.15, -0.1) is 0 Å². The Kier molecular flexibility index (Phi) is 8.22. The maximum absolute atomic E-state index is 2.55. The average Bonchev–Trinajstić information content (AvgIpc) is 3.22. The van der Waals surface area contributed by atoms with Gasteiger partial charge in [-0.1, -0.05) is 80.1 Å². The summed E-state index contributed by atoms with van der Waals surface area (Å²) in [5.41, 5.74) is 0. The Morgan fingerprint density at radius 1 is 0.950 bits per heavy atom. The van der Waals surface area contributed by atoms with Crippen molar-refractivity contribution in [2.45, 2.75) is 92.9 Å². The van der Waals surface area contributed by atoms with Gasteiger partial charge >= 0.3 is 0 Å². The molecule has 20 heavy (non-hydrogen) atoms. The van der Waals surface area contributed by atoms with Crippen LogP contribution in [0.1, 0.15) is 92.9 Å². The van der Waals surface area contributed by atoms with E-state index in [4.69, 9.17) is 0 Å².